The minimum Gasteiger partial charge on any atom is -0.396 e. The average Bonchev–Trinajstić information content (AvgIpc) is 2.27. The molecule has 1 aromatic rings. The van der Waals surface area contributed by atoms with Gasteiger partial charge in [0.2, 0.25) is 0 Å². The highest BCUT2D eigenvalue weighted by atomic mass is 16.2. The summed E-state index contributed by atoms with van der Waals surface area (Å²) in [6, 6.07) is 0.585. The van der Waals surface area contributed by atoms with Gasteiger partial charge in [0.05, 0.1) is 5.69 Å². The Morgan fingerprint density at radius 1 is 1.40 bits per heavy atom. The molecule has 0 aliphatic heterocycles. The first-order chi connectivity index (χ1) is 7.24. The molecule has 0 spiro atoms. The molecule has 0 saturated carbocycles. The fraction of sp³-hybridized carbons (Fsp3) is 0.636. The van der Waals surface area contributed by atoms with Gasteiger partial charge in [-0.25, -0.2) is 0 Å². The predicted octanol–water partition coefficient (Wildman–Crippen LogP) is 1.29. The van der Waals surface area contributed by atoms with Crippen LogP contribution in [0.1, 0.15) is 38.4 Å². The van der Waals surface area contributed by atoms with Crippen molar-refractivity contribution in [2.45, 2.75) is 38.8 Å². The Balaban J connectivity index is 2.38. The van der Waals surface area contributed by atoms with Gasteiger partial charge < -0.3 is 10.4 Å². The smallest absolute Gasteiger partial charge is 0.0753 e. The molecular weight excluding hydrogens is 190 g/mol. The van der Waals surface area contributed by atoms with Crippen LogP contribution in [0.25, 0.3) is 0 Å². The molecule has 0 bridgehead atoms. The second-order valence-electron chi connectivity index (χ2n) is 3.79. The number of aliphatic hydroxyl groups is 1. The first kappa shape index (κ1) is 12.1. The first-order valence-corrected chi connectivity index (χ1v) is 5.37. The van der Waals surface area contributed by atoms with E-state index in [-0.39, 0.29) is 12.6 Å². The monoisotopic (exact) mass is 209 g/mol. The Morgan fingerprint density at radius 3 is 2.80 bits per heavy atom. The van der Waals surface area contributed by atoms with Gasteiger partial charge in [-0.05, 0) is 26.7 Å². The fourth-order valence-corrected chi connectivity index (χ4v) is 1.53. The lowest BCUT2D eigenvalue weighted by molar-refractivity contribution is 0.274. The van der Waals surface area contributed by atoms with Crippen molar-refractivity contribution in [1.82, 2.24) is 15.3 Å². The lowest BCUT2D eigenvalue weighted by Gasteiger charge is -2.18. The topological polar surface area (TPSA) is 58.0 Å². The molecule has 0 aliphatic rings. The van der Waals surface area contributed by atoms with Crippen LogP contribution in [0.4, 0.5) is 0 Å². The summed E-state index contributed by atoms with van der Waals surface area (Å²) in [5.41, 5.74) is 0.952. The standard InChI is InChI=1S/C11H19N3O/c1-9(4-3-7-15)14-10(2)11-8-12-5-6-13-11/h5-6,8-10,14-15H,3-4,7H2,1-2H3. The van der Waals surface area contributed by atoms with E-state index in [4.69, 9.17) is 5.11 Å². The van der Waals surface area contributed by atoms with Crippen molar-refractivity contribution < 1.29 is 5.11 Å². The molecule has 1 heterocycles. The second-order valence-corrected chi connectivity index (χ2v) is 3.79. The summed E-state index contributed by atoms with van der Waals surface area (Å²) in [6.07, 6.45) is 6.95. The van der Waals surface area contributed by atoms with E-state index in [1.807, 2.05) is 0 Å². The third kappa shape index (κ3) is 4.36. The Hall–Kier alpha value is -1.00. The molecule has 15 heavy (non-hydrogen) atoms. The van der Waals surface area contributed by atoms with Crippen molar-refractivity contribution >= 4 is 0 Å². The Kier molecular flexibility index (Phi) is 5.21. The molecule has 2 N–H and O–H groups in total. The number of aromatic nitrogens is 2. The minimum atomic E-state index is 0.201. The molecule has 1 aromatic heterocycles. The van der Waals surface area contributed by atoms with Crippen LogP contribution in [0.3, 0.4) is 0 Å². The zero-order valence-corrected chi connectivity index (χ0v) is 9.35. The van der Waals surface area contributed by atoms with Gasteiger partial charge in [0.15, 0.2) is 0 Å². The van der Waals surface area contributed by atoms with Gasteiger partial charge in [-0.15, -0.1) is 0 Å². The van der Waals surface area contributed by atoms with Gasteiger partial charge in [-0.2, -0.15) is 0 Å². The molecule has 1 rings (SSSR count). The minimum absolute atomic E-state index is 0.201. The van der Waals surface area contributed by atoms with E-state index < -0.39 is 0 Å². The molecule has 0 aromatic carbocycles. The molecule has 0 aliphatic carbocycles. The highest BCUT2D eigenvalue weighted by Crippen LogP contribution is 2.09. The molecule has 0 radical (unpaired) electrons. The quantitative estimate of drug-likeness (QED) is 0.741. The van der Waals surface area contributed by atoms with Crippen molar-refractivity contribution in [3.8, 4) is 0 Å². The number of hydrogen-bond donors (Lipinski definition) is 2. The normalized spacial score (nSPS) is 14.9. The zero-order valence-electron chi connectivity index (χ0n) is 9.35. The van der Waals surface area contributed by atoms with E-state index in [9.17, 15) is 0 Å². The number of aliphatic hydroxyl groups excluding tert-OH is 1. The van der Waals surface area contributed by atoms with E-state index in [2.05, 4.69) is 29.1 Å². The maximum Gasteiger partial charge on any atom is 0.0753 e. The van der Waals surface area contributed by atoms with Gasteiger partial charge >= 0.3 is 0 Å². The van der Waals surface area contributed by atoms with Crippen molar-refractivity contribution in [3.05, 3.63) is 24.3 Å². The summed E-state index contributed by atoms with van der Waals surface area (Å²) >= 11 is 0. The molecular formula is C11H19N3O. The van der Waals surface area contributed by atoms with Crippen LogP contribution in [-0.4, -0.2) is 27.7 Å². The van der Waals surface area contributed by atoms with Crippen LogP contribution in [0.2, 0.25) is 0 Å². The Bertz CT molecular complexity index is 266. The van der Waals surface area contributed by atoms with Gasteiger partial charge in [-0.3, -0.25) is 9.97 Å². The maximum absolute atomic E-state index is 8.72. The number of hydrogen-bond acceptors (Lipinski definition) is 4. The summed E-state index contributed by atoms with van der Waals surface area (Å²) in [4.78, 5) is 8.27. The highest BCUT2D eigenvalue weighted by Gasteiger charge is 2.09. The van der Waals surface area contributed by atoms with E-state index in [1.54, 1.807) is 18.6 Å². The third-order valence-electron chi connectivity index (χ3n) is 2.36. The summed E-state index contributed by atoms with van der Waals surface area (Å²) in [7, 11) is 0. The molecule has 2 unspecified atom stereocenters. The first-order valence-electron chi connectivity index (χ1n) is 5.37. The van der Waals surface area contributed by atoms with Gasteiger partial charge in [-0.1, -0.05) is 0 Å². The maximum atomic E-state index is 8.72. The number of rotatable bonds is 6. The third-order valence-corrected chi connectivity index (χ3v) is 2.36. The Labute approximate surface area is 90.8 Å². The van der Waals surface area contributed by atoms with Crippen molar-refractivity contribution in [2.75, 3.05) is 6.61 Å². The van der Waals surface area contributed by atoms with Crippen molar-refractivity contribution in [2.24, 2.45) is 0 Å². The van der Waals surface area contributed by atoms with E-state index in [0.29, 0.717) is 6.04 Å². The molecule has 4 nitrogen and oxygen atoms in total. The summed E-state index contributed by atoms with van der Waals surface area (Å²) in [5.74, 6) is 0. The van der Waals surface area contributed by atoms with Crippen LogP contribution in [-0.2, 0) is 0 Å². The van der Waals surface area contributed by atoms with E-state index in [0.717, 1.165) is 18.5 Å². The van der Waals surface area contributed by atoms with Crippen LogP contribution in [0.5, 0.6) is 0 Å². The van der Waals surface area contributed by atoms with Crippen LogP contribution in [0, 0.1) is 0 Å². The van der Waals surface area contributed by atoms with E-state index in [1.165, 1.54) is 0 Å². The Morgan fingerprint density at radius 2 is 2.20 bits per heavy atom. The predicted molar refractivity (Wildman–Crippen MR) is 59.4 cm³/mol. The SMILES string of the molecule is CC(CCCO)NC(C)c1cnccn1. The number of nitrogens with one attached hydrogen (secondary N) is 1. The van der Waals surface area contributed by atoms with E-state index >= 15 is 0 Å². The lowest BCUT2D eigenvalue weighted by Crippen LogP contribution is -2.29. The lowest BCUT2D eigenvalue weighted by atomic mass is 10.1. The largest absolute Gasteiger partial charge is 0.396 e. The zero-order chi connectivity index (χ0) is 11.1. The van der Waals surface area contributed by atoms with Crippen LogP contribution < -0.4 is 5.32 Å². The average molecular weight is 209 g/mol. The molecule has 0 saturated heterocycles. The molecule has 0 fully saturated rings. The second kappa shape index (κ2) is 6.48. The summed E-state index contributed by atoms with van der Waals surface area (Å²) < 4.78 is 0. The summed E-state index contributed by atoms with van der Waals surface area (Å²) in [5, 5.41) is 12.1. The molecule has 4 heteroatoms. The highest BCUT2D eigenvalue weighted by molar-refractivity contribution is 5.00. The van der Waals surface area contributed by atoms with Gasteiger partial charge in [0, 0.05) is 37.3 Å². The van der Waals surface area contributed by atoms with Crippen LogP contribution in [0.15, 0.2) is 18.6 Å². The summed E-state index contributed by atoms with van der Waals surface area (Å²) in [6.45, 7) is 4.44. The van der Waals surface area contributed by atoms with Gasteiger partial charge in [0.1, 0.15) is 0 Å². The van der Waals surface area contributed by atoms with Crippen molar-refractivity contribution in [1.29, 1.82) is 0 Å². The molecule has 0 amide bonds. The number of nitrogens with zero attached hydrogens (tertiary/aromatic N) is 2. The van der Waals surface area contributed by atoms with Crippen LogP contribution >= 0.6 is 0 Å². The van der Waals surface area contributed by atoms with Gasteiger partial charge in [0.25, 0.3) is 0 Å². The molecule has 84 valence electrons. The molecule has 2 atom stereocenters. The fourth-order valence-electron chi connectivity index (χ4n) is 1.53. The van der Waals surface area contributed by atoms with Crippen molar-refractivity contribution in [3.63, 3.8) is 0 Å².